The van der Waals surface area contributed by atoms with Gasteiger partial charge in [-0.15, -0.1) is 0 Å². The Hall–Kier alpha value is 0.710. The minimum absolute atomic E-state index is 0. The first-order valence-corrected chi connectivity index (χ1v) is 3.17. The molecule has 0 aliphatic carbocycles. The van der Waals surface area contributed by atoms with Gasteiger partial charge in [0.25, 0.3) is 0 Å². The molecule has 0 aliphatic heterocycles. The van der Waals surface area contributed by atoms with E-state index in [1.807, 2.05) is 0 Å². The van der Waals surface area contributed by atoms with Gasteiger partial charge in [-0.1, -0.05) is 26.7 Å². The standard InChI is InChI=1S/2C3H6O2.Hf/c2*1-2-3(4)5;/h2*3H,2H2,1H3;/q2*-2;+4. The summed E-state index contributed by atoms with van der Waals surface area (Å²) in [5.74, 6) is 0. The monoisotopic (exact) mass is 328 g/mol. The zero-order valence-electron chi connectivity index (χ0n) is 6.70. The second-order valence-corrected chi connectivity index (χ2v) is 1.68. The maximum Gasteiger partial charge on any atom is 4.00 e. The van der Waals surface area contributed by atoms with E-state index in [1.54, 1.807) is 13.8 Å². The molecule has 0 spiro atoms. The Morgan fingerprint density at radius 2 is 0.909 bits per heavy atom. The van der Waals surface area contributed by atoms with Crippen LogP contribution in [0.25, 0.3) is 0 Å². The second kappa shape index (κ2) is 13.3. The molecule has 0 aromatic heterocycles. The Labute approximate surface area is 85.7 Å². The van der Waals surface area contributed by atoms with Crippen LogP contribution in [-0.2, 0) is 25.8 Å². The first-order valence-electron chi connectivity index (χ1n) is 3.17. The summed E-state index contributed by atoms with van der Waals surface area (Å²) in [6.07, 6.45) is -2.84. The second-order valence-electron chi connectivity index (χ2n) is 1.68. The van der Waals surface area contributed by atoms with Gasteiger partial charge in [0, 0.05) is 0 Å². The predicted molar refractivity (Wildman–Crippen MR) is 28.2 cm³/mol. The van der Waals surface area contributed by atoms with Crippen LogP contribution < -0.4 is 20.4 Å². The van der Waals surface area contributed by atoms with E-state index >= 15 is 0 Å². The number of hydrogen-bond donors (Lipinski definition) is 0. The molecule has 0 bridgehead atoms. The molecule has 4 nitrogen and oxygen atoms in total. The third kappa shape index (κ3) is 36.6. The third-order valence-electron chi connectivity index (χ3n) is 0.667. The van der Waals surface area contributed by atoms with Crippen LogP contribution in [0.5, 0.6) is 0 Å². The van der Waals surface area contributed by atoms with Gasteiger partial charge < -0.3 is 20.4 Å². The van der Waals surface area contributed by atoms with Gasteiger partial charge in [-0.2, -0.15) is 0 Å². The topological polar surface area (TPSA) is 92.2 Å². The smallest absolute Gasteiger partial charge is 0.865 e. The minimum atomic E-state index is -1.62. The van der Waals surface area contributed by atoms with E-state index < -0.39 is 12.6 Å². The molecule has 0 fully saturated rings. The van der Waals surface area contributed by atoms with Crippen LogP contribution in [0.15, 0.2) is 0 Å². The molecular formula is C6H12HfO4. The Morgan fingerprint density at radius 1 is 0.818 bits per heavy atom. The van der Waals surface area contributed by atoms with Gasteiger partial charge in [0.1, 0.15) is 0 Å². The summed E-state index contributed by atoms with van der Waals surface area (Å²) in [5.41, 5.74) is 0. The fraction of sp³-hybridized carbons (Fsp3) is 1.00. The van der Waals surface area contributed by atoms with Crippen molar-refractivity contribution in [1.82, 2.24) is 0 Å². The quantitative estimate of drug-likeness (QED) is 0.396. The van der Waals surface area contributed by atoms with E-state index in [0.29, 0.717) is 0 Å². The molecule has 0 atom stereocenters. The van der Waals surface area contributed by atoms with E-state index in [2.05, 4.69) is 0 Å². The Bertz CT molecular complexity index is 50.5. The summed E-state index contributed by atoms with van der Waals surface area (Å²) in [6.45, 7) is 3.15. The molecule has 0 saturated heterocycles. The summed E-state index contributed by atoms with van der Waals surface area (Å²) in [6, 6.07) is 0. The summed E-state index contributed by atoms with van der Waals surface area (Å²) >= 11 is 0. The molecule has 0 N–H and O–H groups in total. The van der Waals surface area contributed by atoms with Crippen molar-refractivity contribution in [2.24, 2.45) is 0 Å². The summed E-state index contributed by atoms with van der Waals surface area (Å²) in [7, 11) is 0. The molecule has 0 saturated carbocycles. The van der Waals surface area contributed by atoms with Gasteiger partial charge in [0.15, 0.2) is 0 Å². The van der Waals surface area contributed by atoms with Crippen molar-refractivity contribution < 1.29 is 46.3 Å². The Kier molecular flexibility index (Phi) is 21.4. The first-order chi connectivity index (χ1) is 4.54. The fourth-order valence-corrected chi connectivity index (χ4v) is 0. The van der Waals surface area contributed by atoms with Gasteiger partial charge in [-0.05, 0) is 0 Å². The summed E-state index contributed by atoms with van der Waals surface area (Å²) in [4.78, 5) is 0. The summed E-state index contributed by atoms with van der Waals surface area (Å²) < 4.78 is 0. The van der Waals surface area contributed by atoms with Gasteiger partial charge in [0.05, 0.1) is 0 Å². The van der Waals surface area contributed by atoms with Crippen molar-refractivity contribution in [1.29, 1.82) is 0 Å². The van der Waals surface area contributed by atoms with Crippen LogP contribution in [0.1, 0.15) is 26.7 Å². The van der Waals surface area contributed by atoms with E-state index in [9.17, 15) is 20.4 Å². The third-order valence-corrected chi connectivity index (χ3v) is 0.667. The zero-order chi connectivity index (χ0) is 8.57. The van der Waals surface area contributed by atoms with E-state index in [0.717, 1.165) is 0 Å². The molecule has 0 heterocycles. The van der Waals surface area contributed by atoms with Crippen molar-refractivity contribution in [3.63, 3.8) is 0 Å². The van der Waals surface area contributed by atoms with Gasteiger partial charge in [-0.3, -0.25) is 0 Å². The Morgan fingerprint density at radius 3 is 0.909 bits per heavy atom. The van der Waals surface area contributed by atoms with Gasteiger partial charge in [-0.25, -0.2) is 12.6 Å². The number of hydrogen-bond acceptors (Lipinski definition) is 4. The normalized spacial score (nSPS) is 8.73. The molecule has 0 unspecified atom stereocenters. The molecule has 64 valence electrons. The molecule has 0 amide bonds. The molecule has 0 aliphatic rings. The van der Waals surface area contributed by atoms with Crippen molar-refractivity contribution in [2.75, 3.05) is 0 Å². The van der Waals surface area contributed by atoms with Crippen molar-refractivity contribution in [3.8, 4) is 0 Å². The van der Waals surface area contributed by atoms with Crippen molar-refractivity contribution in [2.45, 2.75) is 39.3 Å². The molecular weight excluding hydrogens is 315 g/mol. The van der Waals surface area contributed by atoms with Crippen LogP contribution >= 0.6 is 0 Å². The van der Waals surface area contributed by atoms with Crippen molar-refractivity contribution in [3.05, 3.63) is 0 Å². The number of rotatable bonds is 2. The van der Waals surface area contributed by atoms with Gasteiger partial charge >= 0.3 is 25.8 Å². The maximum absolute atomic E-state index is 9.34. The fourth-order valence-electron chi connectivity index (χ4n) is 0. The maximum atomic E-state index is 9.34. The van der Waals surface area contributed by atoms with Crippen LogP contribution in [0.4, 0.5) is 0 Å². The van der Waals surface area contributed by atoms with Crippen LogP contribution in [0.3, 0.4) is 0 Å². The molecule has 0 aromatic carbocycles. The molecule has 11 heavy (non-hydrogen) atoms. The Balaban J connectivity index is -0.000000107. The molecule has 5 heteroatoms. The molecule has 0 rings (SSSR count). The zero-order valence-corrected chi connectivity index (χ0v) is 10.3. The van der Waals surface area contributed by atoms with Crippen LogP contribution in [-0.4, -0.2) is 12.6 Å². The van der Waals surface area contributed by atoms with Crippen LogP contribution in [0.2, 0.25) is 0 Å². The van der Waals surface area contributed by atoms with E-state index in [1.165, 1.54) is 0 Å². The summed E-state index contributed by atoms with van der Waals surface area (Å²) in [5, 5.41) is 37.4. The molecule has 0 radical (unpaired) electrons. The van der Waals surface area contributed by atoms with E-state index in [4.69, 9.17) is 0 Å². The average Bonchev–Trinajstić information content (AvgIpc) is 1.89. The van der Waals surface area contributed by atoms with Gasteiger partial charge in [0.2, 0.25) is 0 Å². The largest absolute Gasteiger partial charge is 4.00 e. The van der Waals surface area contributed by atoms with Crippen LogP contribution in [0, 0.1) is 0 Å². The first kappa shape index (κ1) is 17.7. The van der Waals surface area contributed by atoms with Crippen molar-refractivity contribution >= 4 is 0 Å². The molecule has 0 aromatic rings. The minimum Gasteiger partial charge on any atom is -0.865 e. The predicted octanol–water partition coefficient (Wildman–Crippen LogP) is -3.12. The van der Waals surface area contributed by atoms with E-state index in [-0.39, 0.29) is 38.7 Å². The SMILES string of the molecule is CCC([O-])[O-].CCC([O-])[O-].[Hf+4]. The average molecular weight is 327 g/mol.